The summed E-state index contributed by atoms with van der Waals surface area (Å²) in [4.78, 5) is 14.3. The lowest BCUT2D eigenvalue weighted by molar-refractivity contribution is -0.141. The van der Waals surface area contributed by atoms with Crippen molar-refractivity contribution in [3.05, 3.63) is 35.9 Å². The van der Waals surface area contributed by atoms with Gasteiger partial charge in [-0.15, -0.1) is 0 Å². The highest BCUT2D eigenvalue weighted by atomic mass is 16.3. The van der Waals surface area contributed by atoms with Gasteiger partial charge in [0.15, 0.2) is 0 Å². The van der Waals surface area contributed by atoms with E-state index in [1.54, 1.807) is 25.7 Å². The summed E-state index contributed by atoms with van der Waals surface area (Å²) in [5.41, 5.74) is -1.37. The van der Waals surface area contributed by atoms with Crippen molar-refractivity contribution < 1.29 is 15.0 Å². The minimum absolute atomic E-state index is 0.0313. The van der Waals surface area contributed by atoms with Gasteiger partial charge in [0.05, 0.1) is 23.7 Å². The molecule has 2 unspecified atom stereocenters. The minimum atomic E-state index is -1.19. The molecule has 1 aromatic carbocycles. The molecule has 4 nitrogen and oxygen atoms in total. The molecule has 1 fully saturated rings. The van der Waals surface area contributed by atoms with Crippen molar-refractivity contribution in [2.45, 2.75) is 57.3 Å². The van der Waals surface area contributed by atoms with Crippen LogP contribution in [0.5, 0.6) is 0 Å². The van der Waals surface area contributed by atoms with Crippen LogP contribution in [0, 0.1) is 0 Å². The predicted molar refractivity (Wildman–Crippen MR) is 81.7 cm³/mol. The van der Waals surface area contributed by atoms with E-state index in [1.165, 1.54) is 0 Å². The molecule has 2 atom stereocenters. The standard InChI is InChI=1S/C17H25NO3/c1-16(2,20)14-10-7-11-18(14)15(19)12-17(3,21)13-8-5-4-6-9-13/h4-6,8-9,14,20-21H,7,10-12H2,1-3H3. The van der Waals surface area contributed by atoms with Crippen molar-refractivity contribution in [2.24, 2.45) is 0 Å². The topological polar surface area (TPSA) is 60.8 Å². The number of hydrogen-bond acceptors (Lipinski definition) is 3. The Hall–Kier alpha value is -1.39. The van der Waals surface area contributed by atoms with Crippen molar-refractivity contribution in [1.29, 1.82) is 0 Å². The van der Waals surface area contributed by atoms with Gasteiger partial charge in [0.25, 0.3) is 0 Å². The number of aliphatic hydroxyl groups is 2. The lowest BCUT2D eigenvalue weighted by atomic mass is 9.91. The number of benzene rings is 1. The van der Waals surface area contributed by atoms with Gasteiger partial charge in [0.1, 0.15) is 0 Å². The third-order valence-corrected chi connectivity index (χ3v) is 4.28. The maximum absolute atomic E-state index is 12.5. The first-order valence-electron chi connectivity index (χ1n) is 7.51. The third-order valence-electron chi connectivity index (χ3n) is 4.28. The molecule has 0 radical (unpaired) electrons. The number of nitrogens with zero attached hydrogens (tertiary/aromatic N) is 1. The summed E-state index contributed by atoms with van der Waals surface area (Å²) >= 11 is 0. The van der Waals surface area contributed by atoms with Gasteiger partial charge >= 0.3 is 0 Å². The Morgan fingerprint density at radius 2 is 1.86 bits per heavy atom. The largest absolute Gasteiger partial charge is 0.388 e. The second kappa shape index (κ2) is 5.78. The number of amides is 1. The van der Waals surface area contributed by atoms with Crippen LogP contribution in [0.1, 0.15) is 45.6 Å². The highest BCUT2D eigenvalue weighted by molar-refractivity contribution is 5.78. The van der Waals surface area contributed by atoms with Crippen LogP contribution < -0.4 is 0 Å². The molecule has 0 spiro atoms. The van der Waals surface area contributed by atoms with Gasteiger partial charge in [-0.2, -0.15) is 0 Å². The number of rotatable bonds is 4. The van der Waals surface area contributed by atoms with Crippen molar-refractivity contribution in [3.63, 3.8) is 0 Å². The summed E-state index contributed by atoms with van der Waals surface area (Å²) in [6, 6.07) is 9.06. The number of likely N-dealkylation sites (tertiary alicyclic amines) is 1. The Morgan fingerprint density at radius 1 is 1.24 bits per heavy atom. The SMILES string of the molecule is CC(O)(CC(=O)N1CCCC1C(C)(C)O)c1ccccc1. The van der Waals surface area contributed by atoms with E-state index in [9.17, 15) is 15.0 Å². The molecule has 1 aliphatic rings. The van der Waals surface area contributed by atoms with Crippen LogP contribution in [-0.4, -0.2) is 39.2 Å². The van der Waals surface area contributed by atoms with Crippen LogP contribution >= 0.6 is 0 Å². The zero-order valence-electron chi connectivity index (χ0n) is 13.0. The Kier molecular flexibility index (Phi) is 4.40. The predicted octanol–water partition coefficient (Wildman–Crippen LogP) is 2.05. The number of carbonyl (C=O) groups is 1. The van der Waals surface area contributed by atoms with E-state index in [4.69, 9.17) is 0 Å². The van der Waals surface area contributed by atoms with Crippen molar-refractivity contribution in [3.8, 4) is 0 Å². The monoisotopic (exact) mass is 291 g/mol. The second-order valence-electron chi connectivity index (χ2n) is 6.72. The van der Waals surface area contributed by atoms with Crippen molar-refractivity contribution in [1.82, 2.24) is 4.90 Å². The molecule has 4 heteroatoms. The number of hydrogen-bond donors (Lipinski definition) is 2. The molecular weight excluding hydrogens is 266 g/mol. The Balaban J connectivity index is 2.11. The van der Waals surface area contributed by atoms with Crippen LogP contribution in [0.3, 0.4) is 0 Å². The zero-order chi connectivity index (χ0) is 15.7. The van der Waals surface area contributed by atoms with Crippen molar-refractivity contribution in [2.75, 3.05) is 6.54 Å². The molecular formula is C17H25NO3. The third kappa shape index (κ3) is 3.63. The lowest BCUT2D eigenvalue weighted by Gasteiger charge is -2.35. The van der Waals surface area contributed by atoms with E-state index in [0.29, 0.717) is 6.54 Å². The molecule has 1 saturated heterocycles. The Labute approximate surface area is 126 Å². The summed E-state index contributed by atoms with van der Waals surface area (Å²) in [6.07, 6.45) is 1.74. The zero-order valence-corrected chi connectivity index (χ0v) is 13.0. The van der Waals surface area contributed by atoms with E-state index in [0.717, 1.165) is 18.4 Å². The molecule has 116 valence electrons. The molecule has 2 N–H and O–H groups in total. The van der Waals surface area contributed by atoms with E-state index in [-0.39, 0.29) is 18.4 Å². The smallest absolute Gasteiger partial charge is 0.226 e. The molecule has 0 bridgehead atoms. The summed E-state index contributed by atoms with van der Waals surface area (Å²) in [5.74, 6) is -0.103. The molecule has 1 amide bonds. The lowest BCUT2D eigenvalue weighted by Crippen LogP contribution is -2.49. The van der Waals surface area contributed by atoms with E-state index >= 15 is 0 Å². The first kappa shape index (κ1) is 16.0. The molecule has 1 heterocycles. The van der Waals surface area contributed by atoms with Crippen LogP contribution in [0.25, 0.3) is 0 Å². The maximum Gasteiger partial charge on any atom is 0.226 e. The fourth-order valence-electron chi connectivity index (χ4n) is 3.10. The van der Waals surface area contributed by atoms with Gasteiger partial charge in [0.2, 0.25) is 5.91 Å². The van der Waals surface area contributed by atoms with Crippen LogP contribution in [0.15, 0.2) is 30.3 Å². The highest BCUT2D eigenvalue weighted by Crippen LogP contribution is 2.31. The minimum Gasteiger partial charge on any atom is -0.388 e. The first-order valence-corrected chi connectivity index (χ1v) is 7.51. The van der Waals surface area contributed by atoms with E-state index < -0.39 is 11.2 Å². The summed E-state index contributed by atoms with van der Waals surface area (Å²) < 4.78 is 0. The average molecular weight is 291 g/mol. The molecule has 0 aromatic heterocycles. The second-order valence-corrected chi connectivity index (χ2v) is 6.72. The average Bonchev–Trinajstić information content (AvgIpc) is 2.88. The number of carbonyl (C=O) groups excluding carboxylic acids is 1. The summed E-state index contributed by atoms with van der Waals surface area (Å²) in [6.45, 7) is 5.78. The molecule has 0 aliphatic carbocycles. The first-order chi connectivity index (χ1) is 9.72. The van der Waals surface area contributed by atoms with Crippen LogP contribution in [-0.2, 0) is 10.4 Å². The Bertz CT molecular complexity index is 491. The van der Waals surface area contributed by atoms with Gasteiger partial charge < -0.3 is 15.1 Å². The maximum atomic E-state index is 12.5. The van der Waals surface area contributed by atoms with Gasteiger partial charge in [-0.3, -0.25) is 4.79 Å². The molecule has 1 aromatic rings. The van der Waals surface area contributed by atoms with Gasteiger partial charge in [-0.05, 0) is 39.2 Å². The Morgan fingerprint density at radius 3 is 2.43 bits per heavy atom. The fraction of sp³-hybridized carbons (Fsp3) is 0.588. The van der Waals surface area contributed by atoms with Crippen LogP contribution in [0.4, 0.5) is 0 Å². The normalized spacial score (nSPS) is 22.1. The molecule has 0 saturated carbocycles. The molecule has 1 aliphatic heterocycles. The quantitative estimate of drug-likeness (QED) is 0.892. The molecule has 2 rings (SSSR count). The fourth-order valence-corrected chi connectivity index (χ4v) is 3.10. The van der Waals surface area contributed by atoms with Crippen LogP contribution in [0.2, 0.25) is 0 Å². The van der Waals surface area contributed by atoms with E-state index in [2.05, 4.69) is 0 Å². The van der Waals surface area contributed by atoms with Gasteiger partial charge in [-0.25, -0.2) is 0 Å². The van der Waals surface area contributed by atoms with Gasteiger partial charge in [0, 0.05) is 6.54 Å². The van der Waals surface area contributed by atoms with E-state index in [1.807, 2.05) is 30.3 Å². The van der Waals surface area contributed by atoms with Crippen molar-refractivity contribution >= 4 is 5.91 Å². The summed E-state index contributed by atoms with van der Waals surface area (Å²) in [5, 5.41) is 20.8. The van der Waals surface area contributed by atoms with Gasteiger partial charge in [-0.1, -0.05) is 30.3 Å². The molecule has 21 heavy (non-hydrogen) atoms. The highest BCUT2D eigenvalue weighted by Gasteiger charge is 2.40. The summed E-state index contributed by atoms with van der Waals surface area (Å²) in [7, 11) is 0.